The van der Waals surface area contributed by atoms with Gasteiger partial charge in [0, 0.05) is 29.1 Å². The van der Waals surface area contributed by atoms with Crippen LogP contribution in [0, 0.1) is 0 Å². The smallest absolute Gasteiger partial charge is 0.337 e. The first kappa shape index (κ1) is 19.6. The van der Waals surface area contributed by atoms with Crippen molar-refractivity contribution in [3.05, 3.63) is 65.0 Å². The Morgan fingerprint density at radius 2 is 1.82 bits per heavy atom. The van der Waals surface area contributed by atoms with Gasteiger partial charge in [0.2, 0.25) is 17.6 Å². The van der Waals surface area contributed by atoms with Crippen LogP contribution in [0.3, 0.4) is 0 Å². The molecule has 1 heterocycles. The minimum Gasteiger partial charge on any atom is -0.465 e. The van der Waals surface area contributed by atoms with E-state index >= 15 is 0 Å². The summed E-state index contributed by atoms with van der Waals surface area (Å²) >= 11 is 5.87. The van der Waals surface area contributed by atoms with Crippen molar-refractivity contribution in [2.75, 3.05) is 12.4 Å². The molecule has 3 rings (SSSR count). The molecule has 3 aromatic rings. The molecule has 0 aliphatic heterocycles. The van der Waals surface area contributed by atoms with E-state index in [1.807, 2.05) is 12.1 Å². The molecule has 0 aliphatic rings. The summed E-state index contributed by atoms with van der Waals surface area (Å²) in [5, 5.41) is 7.36. The Balaban J connectivity index is 1.46. The van der Waals surface area contributed by atoms with Crippen LogP contribution in [0.5, 0.6) is 0 Å². The lowest BCUT2D eigenvalue weighted by atomic mass is 10.2. The van der Waals surface area contributed by atoms with Crippen molar-refractivity contribution >= 4 is 29.2 Å². The molecule has 0 fully saturated rings. The summed E-state index contributed by atoms with van der Waals surface area (Å²) in [6.07, 6.45) is 1.36. The first-order valence-corrected chi connectivity index (χ1v) is 8.99. The topological polar surface area (TPSA) is 94.3 Å². The van der Waals surface area contributed by atoms with Gasteiger partial charge in [-0.2, -0.15) is 4.98 Å². The number of nitrogens with one attached hydrogen (secondary N) is 1. The maximum Gasteiger partial charge on any atom is 0.337 e. The van der Waals surface area contributed by atoms with E-state index in [0.717, 1.165) is 5.56 Å². The van der Waals surface area contributed by atoms with Gasteiger partial charge in [0.15, 0.2) is 0 Å². The van der Waals surface area contributed by atoms with E-state index in [-0.39, 0.29) is 5.91 Å². The third-order valence-electron chi connectivity index (χ3n) is 3.95. The summed E-state index contributed by atoms with van der Waals surface area (Å²) < 4.78 is 9.86. The van der Waals surface area contributed by atoms with Crippen molar-refractivity contribution in [2.45, 2.75) is 19.3 Å². The van der Waals surface area contributed by atoms with Gasteiger partial charge in [-0.1, -0.05) is 16.8 Å². The number of rotatable bonds is 7. The number of benzene rings is 2. The van der Waals surface area contributed by atoms with Crippen LogP contribution in [-0.2, 0) is 16.0 Å². The standard InChI is InChI=1S/C20H18ClN3O4/c1-27-20(26)14-7-11-16(12-8-14)22-17(25)3-2-4-18-23-19(24-28-18)13-5-9-15(21)10-6-13/h5-12H,2-4H2,1H3,(H,22,25). The van der Waals surface area contributed by atoms with Crippen molar-refractivity contribution in [1.29, 1.82) is 0 Å². The highest BCUT2D eigenvalue weighted by Gasteiger charge is 2.10. The second-order valence-corrected chi connectivity index (χ2v) is 6.43. The molecule has 0 atom stereocenters. The van der Waals surface area contributed by atoms with E-state index in [1.54, 1.807) is 36.4 Å². The van der Waals surface area contributed by atoms with Crippen LogP contribution in [0.25, 0.3) is 11.4 Å². The number of hydrogen-bond donors (Lipinski definition) is 1. The quantitative estimate of drug-likeness (QED) is 0.600. The van der Waals surface area contributed by atoms with Crippen LogP contribution >= 0.6 is 11.6 Å². The molecule has 1 amide bonds. The molecule has 0 aliphatic carbocycles. The molecule has 0 unspecified atom stereocenters. The lowest BCUT2D eigenvalue weighted by molar-refractivity contribution is -0.116. The predicted octanol–water partition coefficient (Wildman–Crippen LogP) is 4.14. The fourth-order valence-electron chi connectivity index (χ4n) is 2.50. The lowest BCUT2D eigenvalue weighted by Crippen LogP contribution is -2.11. The number of carbonyl (C=O) groups excluding carboxylic acids is 2. The molecule has 2 aromatic carbocycles. The van der Waals surface area contributed by atoms with Gasteiger partial charge in [0.1, 0.15) is 0 Å². The van der Waals surface area contributed by atoms with Gasteiger partial charge in [0.25, 0.3) is 0 Å². The number of anilines is 1. The Morgan fingerprint density at radius 1 is 1.11 bits per heavy atom. The Bertz CT molecular complexity index is 952. The number of nitrogens with zero attached hydrogens (tertiary/aromatic N) is 2. The monoisotopic (exact) mass is 399 g/mol. The third-order valence-corrected chi connectivity index (χ3v) is 4.21. The molecule has 7 nitrogen and oxygen atoms in total. The zero-order chi connectivity index (χ0) is 19.9. The molecule has 0 saturated heterocycles. The van der Waals surface area contributed by atoms with Gasteiger partial charge in [-0.25, -0.2) is 4.79 Å². The Labute approximate surface area is 166 Å². The molecular weight excluding hydrogens is 382 g/mol. The highest BCUT2D eigenvalue weighted by atomic mass is 35.5. The van der Waals surface area contributed by atoms with E-state index in [1.165, 1.54) is 7.11 Å². The summed E-state index contributed by atoms with van der Waals surface area (Å²) in [5.41, 5.74) is 1.85. The van der Waals surface area contributed by atoms with Gasteiger partial charge in [-0.3, -0.25) is 4.79 Å². The van der Waals surface area contributed by atoms with Crippen LogP contribution in [0.2, 0.25) is 5.02 Å². The number of halogens is 1. The average molecular weight is 400 g/mol. The fourth-order valence-corrected chi connectivity index (χ4v) is 2.63. The second-order valence-electron chi connectivity index (χ2n) is 5.99. The fraction of sp³-hybridized carbons (Fsp3) is 0.200. The molecule has 28 heavy (non-hydrogen) atoms. The van der Waals surface area contributed by atoms with Crippen molar-refractivity contribution < 1.29 is 18.8 Å². The Hall–Kier alpha value is -3.19. The number of methoxy groups -OCH3 is 1. The molecule has 0 spiro atoms. The first-order chi connectivity index (χ1) is 13.5. The predicted molar refractivity (Wildman–Crippen MR) is 104 cm³/mol. The van der Waals surface area contributed by atoms with E-state index in [2.05, 4.69) is 20.2 Å². The molecule has 8 heteroatoms. The minimum absolute atomic E-state index is 0.136. The van der Waals surface area contributed by atoms with Crippen LogP contribution in [0.4, 0.5) is 5.69 Å². The summed E-state index contributed by atoms with van der Waals surface area (Å²) in [5.74, 6) is 0.403. The second kappa shape index (κ2) is 9.14. The zero-order valence-corrected chi connectivity index (χ0v) is 15.9. The van der Waals surface area contributed by atoms with Crippen LogP contribution in [0.15, 0.2) is 53.1 Å². The van der Waals surface area contributed by atoms with E-state index < -0.39 is 5.97 Å². The molecule has 144 valence electrons. The molecule has 0 saturated carbocycles. The van der Waals surface area contributed by atoms with E-state index in [9.17, 15) is 9.59 Å². The molecule has 1 N–H and O–H groups in total. The van der Waals surface area contributed by atoms with Gasteiger partial charge >= 0.3 is 5.97 Å². The summed E-state index contributed by atoms with van der Waals surface area (Å²) in [7, 11) is 1.32. The highest BCUT2D eigenvalue weighted by molar-refractivity contribution is 6.30. The van der Waals surface area contributed by atoms with Crippen LogP contribution in [-0.4, -0.2) is 29.1 Å². The zero-order valence-electron chi connectivity index (χ0n) is 15.1. The number of aryl methyl sites for hydroxylation is 1. The van der Waals surface area contributed by atoms with E-state index in [0.29, 0.717) is 47.3 Å². The van der Waals surface area contributed by atoms with Crippen molar-refractivity contribution in [1.82, 2.24) is 10.1 Å². The Kier molecular flexibility index (Phi) is 6.39. The molecular formula is C20H18ClN3O4. The summed E-state index contributed by atoms with van der Waals surface area (Å²) in [4.78, 5) is 27.8. The van der Waals surface area contributed by atoms with Crippen molar-refractivity contribution in [3.8, 4) is 11.4 Å². The number of amides is 1. The minimum atomic E-state index is -0.421. The average Bonchev–Trinajstić information content (AvgIpc) is 3.17. The van der Waals surface area contributed by atoms with Gasteiger partial charge in [-0.05, 0) is 55.0 Å². The van der Waals surface area contributed by atoms with Gasteiger partial charge < -0.3 is 14.6 Å². The van der Waals surface area contributed by atoms with Gasteiger partial charge in [-0.15, -0.1) is 0 Å². The first-order valence-electron chi connectivity index (χ1n) is 8.62. The molecule has 1 aromatic heterocycles. The third kappa shape index (κ3) is 5.17. The van der Waals surface area contributed by atoms with Crippen molar-refractivity contribution in [2.24, 2.45) is 0 Å². The van der Waals surface area contributed by atoms with Crippen LogP contribution < -0.4 is 5.32 Å². The lowest BCUT2D eigenvalue weighted by Gasteiger charge is -2.05. The largest absolute Gasteiger partial charge is 0.465 e. The molecule has 0 bridgehead atoms. The SMILES string of the molecule is COC(=O)c1ccc(NC(=O)CCCc2nc(-c3ccc(Cl)cc3)no2)cc1. The summed E-state index contributed by atoms with van der Waals surface area (Å²) in [6, 6.07) is 13.6. The van der Waals surface area contributed by atoms with Crippen LogP contribution in [0.1, 0.15) is 29.1 Å². The van der Waals surface area contributed by atoms with Gasteiger partial charge in [0.05, 0.1) is 12.7 Å². The number of carbonyl (C=O) groups is 2. The Morgan fingerprint density at radius 3 is 2.50 bits per heavy atom. The number of esters is 1. The maximum atomic E-state index is 12.1. The normalized spacial score (nSPS) is 10.5. The number of aromatic nitrogens is 2. The highest BCUT2D eigenvalue weighted by Crippen LogP contribution is 2.19. The van der Waals surface area contributed by atoms with Crippen molar-refractivity contribution in [3.63, 3.8) is 0 Å². The van der Waals surface area contributed by atoms with E-state index in [4.69, 9.17) is 16.1 Å². The molecule has 0 radical (unpaired) electrons. The summed E-state index contributed by atoms with van der Waals surface area (Å²) in [6.45, 7) is 0. The number of hydrogen-bond acceptors (Lipinski definition) is 6. The maximum absolute atomic E-state index is 12.1. The number of ether oxygens (including phenoxy) is 1.